The second kappa shape index (κ2) is 3.72. The Labute approximate surface area is 73.7 Å². The highest BCUT2D eigenvalue weighted by atomic mass is 32.2. The first-order chi connectivity index (χ1) is 5.19. The third kappa shape index (κ3) is 4.04. The van der Waals surface area contributed by atoms with Crippen LogP contribution in [0.25, 0.3) is 0 Å². The number of rotatable bonds is 4. The molecule has 0 heterocycles. The molecule has 0 aromatic rings. The molecule has 0 aromatic heterocycles. The Hall–Kier alpha value is -0.130. The highest BCUT2D eigenvalue weighted by Crippen LogP contribution is 2.15. The molecule has 74 valence electrons. The van der Waals surface area contributed by atoms with Crippen molar-refractivity contribution < 1.29 is 17.7 Å². The molecule has 0 aromatic carbocycles. The molecule has 0 aliphatic carbocycles. The van der Waals surface area contributed by atoms with Gasteiger partial charge >= 0.3 is 0 Å². The van der Waals surface area contributed by atoms with Crippen molar-refractivity contribution >= 4 is 10.1 Å². The van der Waals surface area contributed by atoms with Crippen LogP contribution in [0.4, 0.5) is 0 Å². The normalized spacial score (nSPS) is 16.1. The summed E-state index contributed by atoms with van der Waals surface area (Å²) >= 11 is 0. The van der Waals surface area contributed by atoms with Gasteiger partial charge < -0.3 is 5.11 Å². The molecule has 1 unspecified atom stereocenters. The van der Waals surface area contributed by atoms with Crippen molar-refractivity contribution in [2.75, 3.05) is 0 Å². The van der Waals surface area contributed by atoms with Crippen molar-refractivity contribution in [1.29, 1.82) is 0 Å². The zero-order valence-corrected chi connectivity index (χ0v) is 8.68. The summed E-state index contributed by atoms with van der Waals surface area (Å²) in [6.07, 6.45) is 0.471. The predicted octanol–water partition coefficient (Wildman–Crippen LogP) is 0.860. The maximum Gasteiger partial charge on any atom is 0.272 e. The first kappa shape index (κ1) is 11.9. The van der Waals surface area contributed by atoms with E-state index in [1.165, 1.54) is 13.8 Å². The van der Waals surface area contributed by atoms with E-state index in [1.807, 2.05) is 0 Å². The fourth-order valence-electron chi connectivity index (χ4n) is 0.571. The van der Waals surface area contributed by atoms with E-state index in [1.54, 1.807) is 13.8 Å². The van der Waals surface area contributed by atoms with Crippen LogP contribution >= 0.6 is 0 Å². The molecule has 4 nitrogen and oxygen atoms in total. The van der Waals surface area contributed by atoms with Crippen LogP contribution in [0.2, 0.25) is 0 Å². The van der Waals surface area contributed by atoms with E-state index < -0.39 is 21.2 Å². The van der Waals surface area contributed by atoms with Crippen molar-refractivity contribution in [2.24, 2.45) is 0 Å². The van der Waals surface area contributed by atoms with Crippen LogP contribution in [0.5, 0.6) is 0 Å². The van der Waals surface area contributed by atoms with Gasteiger partial charge in [0.2, 0.25) is 0 Å². The third-order valence-corrected chi connectivity index (χ3v) is 3.35. The molecule has 0 saturated heterocycles. The fraction of sp³-hybridized carbons (Fsp3) is 1.00. The van der Waals surface area contributed by atoms with E-state index >= 15 is 0 Å². The van der Waals surface area contributed by atoms with Gasteiger partial charge in [-0.1, -0.05) is 6.92 Å². The monoisotopic (exact) mass is 196 g/mol. The van der Waals surface area contributed by atoms with Gasteiger partial charge in [0.05, 0.1) is 5.25 Å². The van der Waals surface area contributed by atoms with Gasteiger partial charge in [-0.05, 0) is 27.2 Å². The summed E-state index contributed by atoms with van der Waals surface area (Å²) in [5, 5.41) is 8.52. The van der Waals surface area contributed by atoms with E-state index in [-0.39, 0.29) is 0 Å². The summed E-state index contributed by atoms with van der Waals surface area (Å²) < 4.78 is 26.9. The lowest BCUT2D eigenvalue weighted by molar-refractivity contribution is -0.100. The van der Waals surface area contributed by atoms with Gasteiger partial charge in [-0.3, -0.25) is 0 Å². The van der Waals surface area contributed by atoms with Crippen LogP contribution in [0.1, 0.15) is 34.1 Å². The van der Waals surface area contributed by atoms with Gasteiger partial charge in [0, 0.05) is 0 Å². The second-order valence-corrected chi connectivity index (χ2v) is 5.20. The van der Waals surface area contributed by atoms with Crippen LogP contribution < -0.4 is 0 Å². The molecule has 12 heavy (non-hydrogen) atoms. The van der Waals surface area contributed by atoms with Crippen molar-refractivity contribution in [3.8, 4) is 0 Å². The zero-order valence-electron chi connectivity index (χ0n) is 7.86. The lowest BCUT2D eigenvalue weighted by atomic mass is 10.4. The van der Waals surface area contributed by atoms with Gasteiger partial charge in [0.25, 0.3) is 10.1 Å². The summed E-state index contributed by atoms with van der Waals surface area (Å²) in [6, 6.07) is 0. The summed E-state index contributed by atoms with van der Waals surface area (Å²) in [6.45, 7) is 5.86. The molecule has 0 radical (unpaired) electrons. The molecular weight excluding hydrogens is 180 g/mol. The predicted molar refractivity (Wildman–Crippen MR) is 46.1 cm³/mol. The minimum absolute atomic E-state index is 0.471. The van der Waals surface area contributed by atoms with Gasteiger partial charge in [0.1, 0.15) is 0 Å². The van der Waals surface area contributed by atoms with Crippen LogP contribution in [-0.2, 0) is 14.3 Å². The van der Waals surface area contributed by atoms with E-state index in [0.29, 0.717) is 6.42 Å². The van der Waals surface area contributed by atoms with E-state index in [0.717, 1.165) is 0 Å². The Bertz CT molecular complexity index is 224. The van der Waals surface area contributed by atoms with Gasteiger partial charge in [-0.2, -0.15) is 8.42 Å². The lowest BCUT2D eigenvalue weighted by Crippen LogP contribution is -2.32. The Morgan fingerprint density at radius 1 is 1.50 bits per heavy atom. The molecule has 0 amide bonds. The number of aliphatic hydroxyl groups is 1. The molecule has 0 fully saturated rings. The lowest BCUT2D eigenvalue weighted by Gasteiger charge is -2.20. The zero-order chi connectivity index (χ0) is 9.99. The second-order valence-electron chi connectivity index (χ2n) is 3.24. The van der Waals surface area contributed by atoms with Crippen molar-refractivity contribution in [3.63, 3.8) is 0 Å². The van der Waals surface area contributed by atoms with Gasteiger partial charge in [-0.15, -0.1) is 0 Å². The van der Waals surface area contributed by atoms with E-state index in [9.17, 15) is 8.42 Å². The smallest absolute Gasteiger partial charge is 0.272 e. The average Bonchev–Trinajstić information content (AvgIpc) is 1.80. The first-order valence-electron chi connectivity index (χ1n) is 3.86. The molecule has 0 bridgehead atoms. The Morgan fingerprint density at radius 2 is 1.92 bits per heavy atom. The molecule has 5 heteroatoms. The molecule has 0 spiro atoms. The minimum Gasteiger partial charge on any atom is -0.365 e. The number of hydrogen-bond donors (Lipinski definition) is 1. The molecular formula is C7H16O4S. The summed E-state index contributed by atoms with van der Waals surface area (Å²) in [4.78, 5) is 0. The average molecular weight is 196 g/mol. The van der Waals surface area contributed by atoms with Gasteiger partial charge in [0.15, 0.2) is 5.79 Å². The summed E-state index contributed by atoms with van der Waals surface area (Å²) in [5.41, 5.74) is 0. The van der Waals surface area contributed by atoms with Crippen LogP contribution in [-0.4, -0.2) is 24.6 Å². The molecule has 0 aliphatic rings. The Kier molecular flexibility index (Phi) is 3.68. The standard InChI is InChI=1S/C7H16O4S/c1-5-6(2)12(9,10)11-7(3,4)8/h6,8H,5H2,1-4H3. The van der Waals surface area contributed by atoms with Crippen LogP contribution in [0.15, 0.2) is 0 Å². The van der Waals surface area contributed by atoms with Crippen molar-refractivity contribution in [3.05, 3.63) is 0 Å². The largest absolute Gasteiger partial charge is 0.365 e. The molecule has 0 saturated carbocycles. The van der Waals surface area contributed by atoms with Crippen LogP contribution in [0.3, 0.4) is 0 Å². The molecule has 1 N–H and O–H groups in total. The first-order valence-corrected chi connectivity index (χ1v) is 5.33. The van der Waals surface area contributed by atoms with E-state index in [2.05, 4.69) is 4.18 Å². The Morgan fingerprint density at radius 3 is 2.17 bits per heavy atom. The summed E-state index contributed by atoms with van der Waals surface area (Å²) in [7, 11) is -3.62. The minimum atomic E-state index is -3.62. The summed E-state index contributed by atoms with van der Waals surface area (Å²) in [5.74, 6) is -1.62. The molecule has 0 rings (SSSR count). The molecule has 0 aliphatic heterocycles. The third-order valence-electron chi connectivity index (χ3n) is 1.39. The fourth-order valence-corrected chi connectivity index (χ4v) is 1.71. The van der Waals surface area contributed by atoms with Gasteiger partial charge in [-0.25, -0.2) is 4.18 Å². The van der Waals surface area contributed by atoms with Crippen molar-refractivity contribution in [2.45, 2.75) is 45.2 Å². The maximum absolute atomic E-state index is 11.2. The topological polar surface area (TPSA) is 63.6 Å². The highest BCUT2D eigenvalue weighted by Gasteiger charge is 2.27. The maximum atomic E-state index is 11.2. The SMILES string of the molecule is CCC(C)S(=O)(=O)OC(C)(C)O. The Balaban J connectivity index is 4.45. The van der Waals surface area contributed by atoms with E-state index in [4.69, 9.17) is 5.11 Å². The highest BCUT2D eigenvalue weighted by molar-refractivity contribution is 7.87. The molecule has 1 atom stereocenters. The van der Waals surface area contributed by atoms with Crippen LogP contribution in [0, 0.1) is 0 Å². The number of hydrogen-bond acceptors (Lipinski definition) is 4. The quantitative estimate of drug-likeness (QED) is 0.535. The van der Waals surface area contributed by atoms with Crippen molar-refractivity contribution in [1.82, 2.24) is 0 Å².